The Morgan fingerprint density at radius 1 is 0.919 bits per heavy atom. The molecule has 0 aliphatic carbocycles. The molecule has 0 saturated carbocycles. The van der Waals surface area contributed by atoms with Crippen molar-refractivity contribution in [3.05, 3.63) is 121 Å². The maximum atomic E-state index is 13.7. The van der Waals surface area contributed by atoms with E-state index >= 15 is 0 Å². The third-order valence-corrected chi connectivity index (χ3v) is 7.14. The van der Waals surface area contributed by atoms with Gasteiger partial charge in [-0.05, 0) is 30.2 Å². The number of fused-ring (bicyclic) bond motifs is 5. The number of hydrogen-bond acceptors (Lipinski definition) is 5. The van der Waals surface area contributed by atoms with E-state index in [1.165, 1.54) is 23.7 Å². The van der Waals surface area contributed by atoms with Gasteiger partial charge in [0.1, 0.15) is 0 Å². The number of nitro groups is 1. The van der Waals surface area contributed by atoms with Gasteiger partial charge >= 0.3 is 5.69 Å². The van der Waals surface area contributed by atoms with Gasteiger partial charge in [0.2, 0.25) is 0 Å². The van der Waals surface area contributed by atoms with Gasteiger partial charge in [-0.3, -0.25) is 24.0 Å². The zero-order chi connectivity index (χ0) is 26.0. The fourth-order valence-electron chi connectivity index (χ4n) is 5.38. The lowest BCUT2D eigenvalue weighted by atomic mass is 9.99. The van der Waals surface area contributed by atoms with E-state index in [2.05, 4.69) is 5.32 Å². The quantitative estimate of drug-likeness (QED) is 0.296. The van der Waals surface area contributed by atoms with E-state index in [0.29, 0.717) is 27.9 Å². The van der Waals surface area contributed by atoms with Crippen LogP contribution in [0.4, 0.5) is 11.4 Å². The Hall–Kier alpha value is -4.92. The monoisotopic (exact) mass is 493 g/mol. The van der Waals surface area contributed by atoms with Crippen molar-refractivity contribution >= 4 is 22.3 Å². The van der Waals surface area contributed by atoms with Crippen LogP contribution >= 0.6 is 0 Å². The average Bonchev–Trinajstić information content (AvgIpc) is 3.27. The van der Waals surface area contributed by atoms with Gasteiger partial charge < -0.3 is 9.88 Å². The molecular weight excluding hydrogens is 470 g/mol. The molecule has 9 heteroatoms. The predicted molar refractivity (Wildman–Crippen MR) is 142 cm³/mol. The van der Waals surface area contributed by atoms with Crippen LogP contribution in [0.5, 0.6) is 0 Å². The molecule has 9 nitrogen and oxygen atoms in total. The standard InChI is InChI=1S/C28H23N5O4/c1-16-9-4-5-12-19(16)24-22-25(30(2)28(35)31(3)27(22)34)26-23(17-10-8-11-18(15-17)33(36)37)29-20-13-6-7-14-21(20)32(24)26/h4-15,23,29H,1-3H3/t23-/m0/s1. The van der Waals surface area contributed by atoms with Gasteiger partial charge in [0.15, 0.2) is 0 Å². The SMILES string of the molecule is Cc1ccccc1-c1c2c(=O)n(C)c(=O)n(C)c2c2n1-c1ccccc1N[C@H]2c1cccc([N+](=O)[O-])c1. The molecule has 3 heterocycles. The molecule has 1 aliphatic rings. The van der Waals surface area contributed by atoms with Gasteiger partial charge in [-0.1, -0.05) is 48.5 Å². The molecule has 0 bridgehead atoms. The predicted octanol–water partition coefficient (Wildman–Crippen LogP) is 4.43. The Labute approximate surface area is 211 Å². The summed E-state index contributed by atoms with van der Waals surface area (Å²) in [7, 11) is 3.13. The van der Waals surface area contributed by atoms with Crippen LogP contribution in [-0.2, 0) is 14.1 Å². The first-order chi connectivity index (χ1) is 17.8. The maximum Gasteiger partial charge on any atom is 0.331 e. The average molecular weight is 494 g/mol. The van der Waals surface area contributed by atoms with Crippen LogP contribution < -0.4 is 16.6 Å². The van der Waals surface area contributed by atoms with E-state index in [9.17, 15) is 19.7 Å². The topological polar surface area (TPSA) is 104 Å². The number of anilines is 1. The molecule has 1 N–H and O–H groups in total. The minimum Gasteiger partial charge on any atom is -0.371 e. The third-order valence-electron chi connectivity index (χ3n) is 7.14. The van der Waals surface area contributed by atoms with Gasteiger partial charge in [0.25, 0.3) is 11.2 Å². The molecule has 2 aromatic heterocycles. The summed E-state index contributed by atoms with van der Waals surface area (Å²) in [6.45, 7) is 1.98. The second kappa shape index (κ2) is 8.06. The van der Waals surface area contributed by atoms with E-state index in [1.54, 1.807) is 13.1 Å². The summed E-state index contributed by atoms with van der Waals surface area (Å²) in [5.74, 6) is 0. The van der Waals surface area contributed by atoms with Crippen LogP contribution in [0.1, 0.15) is 22.9 Å². The summed E-state index contributed by atoms with van der Waals surface area (Å²) in [5.41, 5.74) is 5.09. The Balaban J connectivity index is 1.86. The molecule has 0 spiro atoms. The van der Waals surface area contributed by atoms with Crippen LogP contribution in [0, 0.1) is 17.0 Å². The van der Waals surface area contributed by atoms with Crippen molar-refractivity contribution in [3.63, 3.8) is 0 Å². The number of rotatable bonds is 3. The number of aryl methyl sites for hydroxylation is 2. The molecule has 6 rings (SSSR count). The summed E-state index contributed by atoms with van der Waals surface area (Å²) in [6.07, 6.45) is 0. The number of nitrogens with zero attached hydrogens (tertiary/aromatic N) is 4. The van der Waals surface area contributed by atoms with Gasteiger partial charge in [-0.15, -0.1) is 0 Å². The first kappa shape index (κ1) is 22.5. The fraction of sp³-hybridized carbons (Fsp3) is 0.143. The summed E-state index contributed by atoms with van der Waals surface area (Å²) in [4.78, 5) is 38.1. The van der Waals surface area contributed by atoms with Crippen molar-refractivity contribution in [2.24, 2.45) is 14.1 Å². The van der Waals surface area contributed by atoms with E-state index in [-0.39, 0.29) is 5.69 Å². The third kappa shape index (κ3) is 3.17. The number of benzene rings is 3. The minimum atomic E-state index is -0.562. The second-order valence-electron chi connectivity index (χ2n) is 9.26. The van der Waals surface area contributed by atoms with Gasteiger partial charge in [0.05, 0.1) is 44.6 Å². The largest absolute Gasteiger partial charge is 0.371 e. The highest BCUT2D eigenvalue weighted by molar-refractivity contribution is 5.99. The van der Waals surface area contributed by atoms with E-state index < -0.39 is 22.2 Å². The summed E-state index contributed by atoms with van der Waals surface area (Å²) < 4.78 is 4.64. The lowest BCUT2D eigenvalue weighted by Crippen LogP contribution is -2.37. The van der Waals surface area contributed by atoms with Crippen LogP contribution in [-0.4, -0.2) is 18.6 Å². The highest BCUT2D eigenvalue weighted by Gasteiger charge is 2.35. The normalized spacial score (nSPS) is 14.2. The maximum absolute atomic E-state index is 13.7. The summed E-state index contributed by atoms with van der Waals surface area (Å²) in [6, 6.07) is 21.4. The molecule has 5 aromatic rings. The van der Waals surface area contributed by atoms with Crippen LogP contribution in [0.3, 0.4) is 0 Å². The number of nitrogens with one attached hydrogen (secondary N) is 1. The Bertz CT molecular complexity index is 1880. The zero-order valence-electron chi connectivity index (χ0n) is 20.4. The Morgan fingerprint density at radius 3 is 2.41 bits per heavy atom. The Kier molecular flexibility index (Phi) is 4.91. The lowest BCUT2D eigenvalue weighted by Gasteiger charge is -2.31. The van der Waals surface area contributed by atoms with Crippen LogP contribution in [0.15, 0.2) is 82.4 Å². The summed E-state index contributed by atoms with van der Waals surface area (Å²) in [5, 5.41) is 15.5. The number of hydrogen-bond donors (Lipinski definition) is 1. The summed E-state index contributed by atoms with van der Waals surface area (Å²) >= 11 is 0. The molecule has 0 saturated heterocycles. The first-order valence-corrected chi connectivity index (χ1v) is 11.8. The van der Waals surface area contributed by atoms with Crippen LogP contribution in [0.2, 0.25) is 0 Å². The molecule has 1 atom stereocenters. The number of aromatic nitrogens is 3. The smallest absolute Gasteiger partial charge is 0.331 e. The number of para-hydroxylation sites is 2. The molecule has 0 amide bonds. The van der Waals surface area contributed by atoms with Crippen molar-refractivity contribution in [2.45, 2.75) is 13.0 Å². The van der Waals surface area contributed by atoms with Crippen LogP contribution in [0.25, 0.3) is 27.8 Å². The molecule has 1 aliphatic heterocycles. The minimum absolute atomic E-state index is 0.0375. The molecule has 0 radical (unpaired) electrons. The number of nitro benzene ring substituents is 1. The molecule has 0 fully saturated rings. The van der Waals surface area contributed by atoms with Gasteiger partial charge in [0, 0.05) is 31.8 Å². The van der Waals surface area contributed by atoms with E-state index in [0.717, 1.165) is 27.1 Å². The Morgan fingerprint density at radius 2 is 1.65 bits per heavy atom. The van der Waals surface area contributed by atoms with Crippen molar-refractivity contribution in [1.29, 1.82) is 0 Å². The number of non-ortho nitro benzene ring substituents is 1. The zero-order valence-corrected chi connectivity index (χ0v) is 20.4. The van der Waals surface area contributed by atoms with E-state index in [1.807, 2.05) is 66.1 Å². The van der Waals surface area contributed by atoms with Crippen molar-refractivity contribution in [3.8, 4) is 16.9 Å². The first-order valence-electron chi connectivity index (χ1n) is 11.8. The molecule has 0 unspecified atom stereocenters. The van der Waals surface area contributed by atoms with Gasteiger partial charge in [-0.2, -0.15) is 0 Å². The van der Waals surface area contributed by atoms with Crippen molar-refractivity contribution < 1.29 is 4.92 Å². The highest BCUT2D eigenvalue weighted by Crippen LogP contribution is 2.46. The second-order valence-corrected chi connectivity index (χ2v) is 9.26. The fourth-order valence-corrected chi connectivity index (χ4v) is 5.38. The van der Waals surface area contributed by atoms with E-state index in [4.69, 9.17) is 0 Å². The highest BCUT2D eigenvalue weighted by atomic mass is 16.6. The molecule has 3 aromatic carbocycles. The molecule has 184 valence electrons. The molecular formula is C28H23N5O4. The van der Waals surface area contributed by atoms with Crippen molar-refractivity contribution in [1.82, 2.24) is 13.7 Å². The van der Waals surface area contributed by atoms with Gasteiger partial charge in [-0.25, -0.2) is 4.79 Å². The molecule has 37 heavy (non-hydrogen) atoms. The lowest BCUT2D eigenvalue weighted by molar-refractivity contribution is -0.384. The van der Waals surface area contributed by atoms with Crippen molar-refractivity contribution in [2.75, 3.05) is 5.32 Å².